The summed E-state index contributed by atoms with van der Waals surface area (Å²) in [6, 6.07) is 10.5. The highest BCUT2D eigenvalue weighted by molar-refractivity contribution is 5.77. The lowest BCUT2D eigenvalue weighted by Crippen LogP contribution is -1.97. The summed E-state index contributed by atoms with van der Waals surface area (Å²) in [5, 5.41) is 0. The summed E-state index contributed by atoms with van der Waals surface area (Å²) in [6.07, 6.45) is 1.58. The smallest absolute Gasteiger partial charge is 0.151 e. The van der Waals surface area contributed by atoms with Gasteiger partial charge < -0.3 is 0 Å². The minimum Gasteiger partial charge on any atom is -0.283 e. The summed E-state index contributed by atoms with van der Waals surface area (Å²) in [5.41, 5.74) is 2.75. The van der Waals surface area contributed by atoms with E-state index in [2.05, 4.69) is 16.5 Å². The Morgan fingerprint density at radius 1 is 1.21 bits per heavy atom. The first-order chi connectivity index (χ1) is 9.16. The number of hydrogen-bond donors (Lipinski definition) is 0. The fourth-order valence-electron chi connectivity index (χ4n) is 1.98. The highest BCUT2D eigenvalue weighted by atomic mass is 19.1. The molecule has 0 fully saturated rings. The molecule has 0 aliphatic carbocycles. The van der Waals surface area contributed by atoms with Gasteiger partial charge in [0.05, 0.1) is 11.2 Å². The van der Waals surface area contributed by atoms with Crippen molar-refractivity contribution >= 4 is 16.6 Å². The Morgan fingerprint density at radius 3 is 2.79 bits per heavy atom. The van der Waals surface area contributed by atoms with Crippen molar-refractivity contribution in [1.82, 2.24) is 14.5 Å². The van der Waals surface area contributed by atoms with Crippen molar-refractivity contribution in [3.05, 3.63) is 60.8 Å². The fraction of sp³-hybridized carbons (Fsp3) is 0.0667. The molecule has 0 amide bonds. The zero-order valence-electron chi connectivity index (χ0n) is 10.5. The number of aromatic nitrogens is 3. The van der Waals surface area contributed by atoms with Crippen LogP contribution in [0.2, 0.25) is 0 Å². The van der Waals surface area contributed by atoms with Gasteiger partial charge in [0.15, 0.2) is 5.82 Å². The second-order valence-electron chi connectivity index (χ2n) is 4.38. The SMILES string of the molecule is C=C(C)c1cccc(-n2cnc3c(F)cccc32)n1. The lowest BCUT2D eigenvalue weighted by atomic mass is 10.2. The molecule has 0 spiro atoms. The van der Waals surface area contributed by atoms with Crippen molar-refractivity contribution in [3.63, 3.8) is 0 Å². The van der Waals surface area contributed by atoms with Crippen molar-refractivity contribution in [2.45, 2.75) is 6.92 Å². The third-order valence-corrected chi connectivity index (χ3v) is 2.95. The van der Waals surface area contributed by atoms with Gasteiger partial charge in [0.2, 0.25) is 0 Å². The van der Waals surface area contributed by atoms with Gasteiger partial charge in [0, 0.05) is 0 Å². The molecule has 2 heterocycles. The molecule has 0 unspecified atom stereocenters. The van der Waals surface area contributed by atoms with Crippen LogP contribution in [0.15, 0.2) is 49.3 Å². The molecular formula is C15H12FN3. The van der Waals surface area contributed by atoms with E-state index < -0.39 is 0 Å². The van der Waals surface area contributed by atoms with Gasteiger partial charge in [0.25, 0.3) is 0 Å². The molecular weight excluding hydrogens is 241 g/mol. The van der Waals surface area contributed by atoms with Gasteiger partial charge >= 0.3 is 0 Å². The van der Waals surface area contributed by atoms with Crippen molar-refractivity contribution in [2.75, 3.05) is 0 Å². The zero-order chi connectivity index (χ0) is 13.4. The highest BCUT2D eigenvalue weighted by Crippen LogP contribution is 2.20. The zero-order valence-corrected chi connectivity index (χ0v) is 10.5. The Hall–Kier alpha value is -2.49. The van der Waals surface area contributed by atoms with E-state index in [0.717, 1.165) is 11.3 Å². The number of pyridine rings is 1. The van der Waals surface area contributed by atoms with Crippen LogP contribution in [0.4, 0.5) is 4.39 Å². The molecule has 0 aliphatic heterocycles. The summed E-state index contributed by atoms with van der Waals surface area (Å²) in [4.78, 5) is 8.59. The van der Waals surface area contributed by atoms with Crippen LogP contribution in [0, 0.1) is 5.82 Å². The maximum Gasteiger partial charge on any atom is 0.151 e. The highest BCUT2D eigenvalue weighted by Gasteiger charge is 2.09. The predicted octanol–water partition coefficient (Wildman–Crippen LogP) is 3.59. The molecule has 3 nitrogen and oxygen atoms in total. The molecule has 0 saturated heterocycles. The molecule has 94 valence electrons. The van der Waals surface area contributed by atoms with Crippen LogP contribution in [0.1, 0.15) is 12.6 Å². The third-order valence-electron chi connectivity index (χ3n) is 2.95. The van der Waals surface area contributed by atoms with Crippen molar-refractivity contribution in [1.29, 1.82) is 0 Å². The number of para-hydroxylation sites is 1. The van der Waals surface area contributed by atoms with Crippen LogP contribution in [0.25, 0.3) is 22.4 Å². The van der Waals surface area contributed by atoms with Gasteiger partial charge in [-0.15, -0.1) is 0 Å². The van der Waals surface area contributed by atoms with E-state index in [-0.39, 0.29) is 5.82 Å². The van der Waals surface area contributed by atoms with Crippen LogP contribution < -0.4 is 0 Å². The molecule has 3 rings (SSSR count). The lowest BCUT2D eigenvalue weighted by Gasteiger charge is -2.05. The van der Waals surface area contributed by atoms with E-state index in [4.69, 9.17) is 0 Å². The number of hydrogen-bond acceptors (Lipinski definition) is 2. The monoisotopic (exact) mass is 253 g/mol. The molecule has 1 aromatic carbocycles. The fourth-order valence-corrected chi connectivity index (χ4v) is 1.98. The van der Waals surface area contributed by atoms with E-state index in [0.29, 0.717) is 16.9 Å². The van der Waals surface area contributed by atoms with Crippen LogP contribution >= 0.6 is 0 Å². The van der Waals surface area contributed by atoms with Crippen molar-refractivity contribution in [3.8, 4) is 5.82 Å². The topological polar surface area (TPSA) is 30.7 Å². The standard InChI is InChI=1S/C15H12FN3/c1-10(2)12-6-4-8-14(18-12)19-9-17-15-11(16)5-3-7-13(15)19/h3-9H,1H2,2H3. The van der Waals surface area contributed by atoms with E-state index in [1.807, 2.05) is 31.2 Å². The normalized spacial score (nSPS) is 10.8. The van der Waals surface area contributed by atoms with Crippen LogP contribution in [-0.4, -0.2) is 14.5 Å². The second-order valence-corrected chi connectivity index (χ2v) is 4.38. The third kappa shape index (κ3) is 1.91. The molecule has 4 heteroatoms. The van der Waals surface area contributed by atoms with Crippen molar-refractivity contribution in [2.24, 2.45) is 0 Å². The summed E-state index contributed by atoms with van der Waals surface area (Å²) in [7, 11) is 0. The summed E-state index contributed by atoms with van der Waals surface area (Å²) in [5.74, 6) is 0.376. The number of imidazole rings is 1. The Balaban J connectivity index is 2.22. The maximum absolute atomic E-state index is 13.6. The summed E-state index contributed by atoms with van der Waals surface area (Å²) in [6.45, 7) is 5.78. The summed E-state index contributed by atoms with van der Waals surface area (Å²) < 4.78 is 15.4. The average Bonchev–Trinajstić information content (AvgIpc) is 2.84. The van der Waals surface area contributed by atoms with Gasteiger partial charge in [0.1, 0.15) is 17.7 Å². The average molecular weight is 253 g/mol. The maximum atomic E-state index is 13.6. The van der Waals surface area contributed by atoms with E-state index in [9.17, 15) is 4.39 Å². The quantitative estimate of drug-likeness (QED) is 0.698. The predicted molar refractivity (Wildman–Crippen MR) is 73.5 cm³/mol. The molecule has 0 N–H and O–H groups in total. The minimum absolute atomic E-state index is 0.327. The minimum atomic E-state index is -0.327. The molecule has 3 aromatic rings. The number of nitrogens with zero attached hydrogens (tertiary/aromatic N) is 3. The first-order valence-corrected chi connectivity index (χ1v) is 5.92. The molecule has 19 heavy (non-hydrogen) atoms. The molecule has 0 atom stereocenters. The Labute approximate surface area is 110 Å². The second kappa shape index (κ2) is 4.31. The number of halogens is 1. The van der Waals surface area contributed by atoms with E-state index in [1.54, 1.807) is 17.0 Å². The molecule has 2 aromatic heterocycles. The van der Waals surface area contributed by atoms with Crippen LogP contribution in [0.5, 0.6) is 0 Å². The number of rotatable bonds is 2. The molecule has 0 bridgehead atoms. The van der Waals surface area contributed by atoms with Crippen molar-refractivity contribution < 1.29 is 4.39 Å². The Bertz CT molecular complexity index is 774. The van der Waals surface area contributed by atoms with E-state index >= 15 is 0 Å². The van der Waals surface area contributed by atoms with Crippen LogP contribution in [-0.2, 0) is 0 Å². The number of allylic oxidation sites excluding steroid dienone is 1. The van der Waals surface area contributed by atoms with Gasteiger partial charge in [-0.2, -0.15) is 0 Å². The number of fused-ring (bicyclic) bond motifs is 1. The summed E-state index contributed by atoms with van der Waals surface area (Å²) >= 11 is 0. The van der Waals surface area contributed by atoms with Gasteiger partial charge in [-0.3, -0.25) is 4.57 Å². The number of benzene rings is 1. The lowest BCUT2D eigenvalue weighted by molar-refractivity contribution is 0.637. The van der Waals surface area contributed by atoms with Gasteiger partial charge in [-0.25, -0.2) is 14.4 Å². The Morgan fingerprint density at radius 2 is 2.00 bits per heavy atom. The Kier molecular flexibility index (Phi) is 2.63. The first kappa shape index (κ1) is 11.6. The van der Waals surface area contributed by atoms with Gasteiger partial charge in [-0.1, -0.05) is 18.7 Å². The first-order valence-electron chi connectivity index (χ1n) is 5.92. The van der Waals surface area contributed by atoms with Gasteiger partial charge in [-0.05, 0) is 36.8 Å². The largest absolute Gasteiger partial charge is 0.283 e. The molecule has 0 aliphatic rings. The molecule has 0 radical (unpaired) electrons. The van der Waals surface area contributed by atoms with E-state index in [1.165, 1.54) is 6.07 Å². The molecule has 0 saturated carbocycles. The van der Waals surface area contributed by atoms with Crippen LogP contribution in [0.3, 0.4) is 0 Å².